The quantitative estimate of drug-likeness (QED) is 0.890. The number of halogens is 1. The van der Waals surface area contributed by atoms with E-state index in [9.17, 15) is 0 Å². The average molecular weight is 339 g/mol. The topological polar surface area (TPSA) is 45.4 Å². The molecular weight excluding hydrogens is 316 g/mol. The summed E-state index contributed by atoms with van der Waals surface area (Å²) in [5.41, 5.74) is 7.23. The average Bonchev–Trinajstić information content (AvgIpc) is 3.26. The molecule has 0 bridgehead atoms. The molecule has 5 heteroatoms. The summed E-state index contributed by atoms with van der Waals surface area (Å²) in [5.74, 6) is 0.987. The molecule has 1 aromatic heterocycles. The summed E-state index contributed by atoms with van der Waals surface area (Å²) in [6.45, 7) is 6.53. The second-order valence-electron chi connectivity index (χ2n) is 5.97. The van der Waals surface area contributed by atoms with Crippen molar-refractivity contribution in [2.75, 3.05) is 39.3 Å². The fourth-order valence-electron chi connectivity index (χ4n) is 3.03. The van der Waals surface area contributed by atoms with Crippen molar-refractivity contribution in [2.24, 2.45) is 11.7 Å². The lowest BCUT2D eigenvalue weighted by Gasteiger charge is -2.39. The molecule has 2 heterocycles. The number of pyridine rings is 1. The van der Waals surface area contributed by atoms with Gasteiger partial charge in [-0.05, 0) is 46.3 Å². The normalized spacial score (nSPS) is 22.9. The first-order valence-electron chi connectivity index (χ1n) is 7.53. The number of rotatable bonds is 5. The van der Waals surface area contributed by atoms with E-state index in [-0.39, 0.29) is 0 Å². The van der Waals surface area contributed by atoms with E-state index in [2.05, 4.69) is 36.8 Å². The first kappa shape index (κ1) is 14.4. The van der Waals surface area contributed by atoms with Crippen molar-refractivity contribution in [1.82, 2.24) is 14.8 Å². The van der Waals surface area contributed by atoms with Gasteiger partial charge >= 0.3 is 0 Å². The van der Waals surface area contributed by atoms with Gasteiger partial charge in [0.25, 0.3) is 0 Å². The Morgan fingerprint density at radius 1 is 1.25 bits per heavy atom. The molecule has 1 aromatic rings. The largest absolute Gasteiger partial charge is 0.329 e. The van der Waals surface area contributed by atoms with Crippen LogP contribution in [0.2, 0.25) is 0 Å². The summed E-state index contributed by atoms with van der Waals surface area (Å²) in [7, 11) is 0. The Hall–Kier alpha value is -0.490. The van der Waals surface area contributed by atoms with Crippen molar-refractivity contribution >= 4 is 15.9 Å². The number of hydrogen-bond donors (Lipinski definition) is 1. The summed E-state index contributed by atoms with van der Waals surface area (Å²) < 4.78 is 1.03. The highest BCUT2D eigenvalue weighted by atomic mass is 79.9. The zero-order valence-electron chi connectivity index (χ0n) is 11.8. The van der Waals surface area contributed by atoms with Gasteiger partial charge in [-0.3, -0.25) is 9.88 Å². The highest BCUT2D eigenvalue weighted by molar-refractivity contribution is 9.10. The predicted molar refractivity (Wildman–Crippen MR) is 84.5 cm³/mol. The van der Waals surface area contributed by atoms with E-state index < -0.39 is 0 Å². The van der Waals surface area contributed by atoms with E-state index in [1.54, 1.807) is 0 Å². The number of hydrogen-bond acceptors (Lipinski definition) is 4. The van der Waals surface area contributed by atoms with Crippen LogP contribution < -0.4 is 5.73 Å². The van der Waals surface area contributed by atoms with Gasteiger partial charge in [0.1, 0.15) is 0 Å². The molecule has 1 saturated heterocycles. The molecule has 0 amide bonds. The van der Waals surface area contributed by atoms with E-state index in [1.165, 1.54) is 38.0 Å². The van der Waals surface area contributed by atoms with Gasteiger partial charge in [0.15, 0.2) is 0 Å². The van der Waals surface area contributed by atoms with Gasteiger partial charge < -0.3 is 10.6 Å². The lowest BCUT2D eigenvalue weighted by Crippen LogP contribution is -2.49. The Morgan fingerprint density at radius 3 is 2.60 bits per heavy atom. The second kappa shape index (κ2) is 6.52. The van der Waals surface area contributed by atoms with Crippen LogP contribution in [0.3, 0.4) is 0 Å². The summed E-state index contributed by atoms with van der Waals surface area (Å²) in [5, 5.41) is 0. The molecule has 2 N–H and O–H groups in total. The van der Waals surface area contributed by atoms with Gasteiger partial charge in [0.2, 0.25) is 0 Å². The minimum absolute atomic E-state index is 0.295. The monoisotopic (exact) mass is 338 g/mol. The van der Waals surface area contributed by atoms with Crippen molar-refractivity contribution < 1.29 is 0 Å². The number of nitrogens with two attached hydrogens (primary N) is 1. The fourth-order valence-corrected chi connectivity index (χ4v) is 3.41. The summed E-state index contributed by atoms with van der Waals surface area (Å²) in [6.07, 6.45) is 6.65. The highest BCUT2D eigenvalue weighted by Crippen LogP contribution is 2.30. The molecule has 20 heavy (non-hydrogen) atoms. The lowest BCUT2D eigenvalue weighted by molar-refractivity contribution is 0.0954. The molecule has 2 aliphatic rings. The summed E-state index contributed by atoms with van der Waals surface area (Å²) in [4.78, 5) is 9.39. The predicted octanol–water partition coefficient (Wildman–Crippen LogP) is 1.87. The van der Waals surface area contributed by atoms with Crippen molar-refractivity contribution in [3.05, 3.63) is 28.5 Å². The smallest absolute Gasteiger partial charge is 0.0487 e. The lowest BCUT2D eigenvalue weighted by atomic mass is 10.1. The molecule has 1 atom stereocenters. The first-order chi connectivity index (χ1) is 9.76. The molecule has 2 fully saturated rings. The van der Waals surface area contributed by atoms with Gasteiger partial charge in [-0.2, -0.15) is 0 Å². The van der Waals surface area contributed by atoms with Gasteiger partial charge in [-0.25, -0.2) is 0 Å². The summed E-state index contributed by atoms with van der Waals surface area (Å²) in [6, 6.07) is 2.43. The van der Waals surface area contributed by atoms with Crippen LogP contribution in [0, 0.1) is 5.92 Å². The molecule has 0 radical (unpaired) electrons. The van der Waals surface area contributed by atoms with E-state index >= 15 is 0 Å². The van der Waals surface area contributed by atoms with Crippen LogP contribution in [0.1, 0.15) is 24.4 Å². The maximum absolute atomic E-state index is 6.01. The van der Waals surface area contributed by atoms with Gasteiger partial charge in [0, 0.05) is 62.2 Å². The molecule has 0 aromatic carbocycles. The molecule has 4 nitrogen and oxygen atoms in total. The third-order valence-electron chi connectivity index (χ3n) is 4.40. The molecule has 0 spiro atoms. The zero-order chi connectivity index (χ0) is 13.9. The Morgan fingerprint density at radius 2 is 2.00 bits per heavy atom. The SMILES string of the molecule is NCC(c1cncc(Br)c1)N1CCN(CC2CC2)CC1. The fraction of sp³-hybridized carbons (Fsp3) is 0.667. The van der Waals surface area contributed by atoms with E-state index in [1.807, 2.05) is 12.4 Å². The van der Waals surface area contributed by atoms with Crippen LogP contribution in [0.15, 0.2) is 22.9 Å². The molecule has 1 unspecified atom stereocenters. The molecular formula is C15H23BrN4. The molecule has 1 aliphatic heterocycles. The highest BCUT2D eigenvalue weighted by Gasteiger charge is 2.28. The van der Waals surface area contributed by atoms with Crippen LogP contribution >= 0.6 is 15.9 Å². The number of nitrogens with zero attached hydrogens (tertiary/aromatic N) is 3. The van der Waals surface area contributed by atoms with Crippen LogP contribution in [0.4, 0.5) is 0 Å². The van der Waals surface area contributed by atoms with E-state index in [4.69, 9.17) is 5.73 Å². The third-order valence-corrected chi connectivity index (χ3v) is 4.83. The van der Waals surface area contributed by atoms with Gasteiger partial charge in [-0.1, -0.05) is 0 Å². The Labute approximate surface area is 129 Å². The maximum Gasteiger partial charge on any atom is 0.0487 e. The molecule has 3 rings (SSSR count). The standard InChI is InChI=1S/C15H23BrN4/c16-14-7-13(9-18-10-14)15(8-17)20-5-3-19(4-6-20)11-12-1-2-12/h7,9-10,12,15H,1-6,8,11,17H2. The van der Waals surface area contributed by atoms with Crippen molar-refractivity contribution in [3.63, 3.8) is 0 Å². The molecule has 1 aliphatic carbocycles. The minimum atomic E-state index is 0.295. The van der Waals surface area contributed by atoms with Crippen LogP contribution in [-0.2, 0) is 0 Å². The van der Waals surface area contributed by atoms with E-state index in [0.29, 0.717) is 12.6 Å². The maximum atomic E-state index is 6.01. The first-order valence-corrected chi connectivity index (χ1v) is 8.32. The van der Waals surface area contributed by atoms with Crippen LogP contribution in [0.5, 0.6) is 0 Å². The van der Waals surface area contributed by atoms with Gasteiger partial charge in [-0.15, -0.1) is 0 Å². The Bertz CT molecular complexity index is 441. The minimum Gasteiger partial charge on any atom is -0.329 e. The van der Waals surface area contributed by atoms with Crippen molar-refractivity contribution in [1.29, 1.82) is 0 Å². The van der Waals surface area contributed by atoms with Crippen molar-refractivity contribution in [2.45, 2.75) is 18.9 Å². The Kier molecular flexibility index (Phi) is 4.71. The summed E-state index contributed by atoms with van der Waals surface area (Å²) >= 11 is 3.50. The molecule has 110 valence electrons. The third kappa shape index (κ3) is 3.58. The van der Waals surface area contributed by atoms with E-state index in [0.717, 1.165) is 23.5 Å². The number of aromatic nitrogens is 1. The van der Waals surface area contributed by atoms with Crippen molar-refractivity contribution in [3.8, 4) is 0 Å². The second-order valence-corrected chi connectivity index (χ2v) is 6.88. The Balaban J connectivity index is 1.59. The van der Waals surface area contributed by atoms with Crippen LogP contribution in [0.25, 0.3) is 0 Å². The van der Waals surface area contributed by atoms with Crippen LogP contribution in [-0.4, -0.2) is 54.1 Å². The molecule has 1 saturated carbocycles. The zero-order valence-corrected chi connectivity index (χ0v) is 13.4. The van der Waals surface area contributed by atoms with Gasteiger partial charge in [0.05, 0.1) is 0 Å². The number of piperazine rings is 1.